The van der Waals surface area contributed by atoms with Gasteiger partial charge in [-0.1, -0.05) is 42.8 Å². The maximum Gasteiger partial charge on any atom is 0.0186 e. The molecule has 17 heavy (non-hydrogen) atoms. The van der Waals surface area contributed by atoms with Crippen LogP contribution in [-0.2, 0) is 0 Å². The van der Waals surface area contributed by atoms with Crippen molar-refractivity contribution in [3.8, 4) is 0 Å². The van der Waals surface area contributed by atoms with Crippen LogP contribution in [0.3, 0.4) is 0 Å². The average molecular weight is 316 g/mol. The molecule has 0 aliphatic heterocycles. The van der Waals surface area contributed by atoms with E-state index in [-0.39, 0.29) is 0 Å². The molecule has 1 N–H and O–H groups in total. The summed E-state index contributed by atoms with van der Waals surface area (Å²) in [6, 6.07) is 8.47. The highest BCUT2D eigenvalue weighted by molar-refractivity contribution is 9.10. The summed E-state index contributed by atoms with van der Waals surface area (Å²) in [4.78, 5) is 1.33. The molecule has 0 atom stereocenters. The van der Waals surface area contributed by atoms with Crippen LogP contribution in [-0.4, -0.2) is 18.8 Å². The minimum Gasteiger partial charge on any atom is -0.316 e. The molecule has 1 rings (SSSR count). The van der Waals surface area contributed by atoms with Crippen LogP contribution in [0.5, 0.6) is 0 Å². The topological polar surface area (TPSA) is 12.0 Å². The van der Waals surface area contributed by atoms with E-state index in [9.17, 15) is 0 Å². The van der Waals surface area contributed by atoms with Crippen LogP contribution in [0.15, 0.2) is 33.6 Å². The number of halogens is 1. The molecule has 0 bridgehead atoms. The monoisotopic (exact) mass is 315 g/mol. The Bertz CT molecular complexity index is 333. The molecule has 1 aromatic carbocycles. The van der Waals surface area contributed by atoms with Gasteiger partial charge in [-0.2, -0.15) is 0 Å². The number of benzene rings is 1. The smallest absolute Gasteiger partial charge is 0.0186 e. The summed E-state index contributed by atoms with van der Waals surface area (Å²) < 4.78 is 1.16. The molecule has 0 aromatic heterocycles. The highest BCUT2D eigenvalue weighted by Crippen LogP contribution is 2.21. The lowest BCUT2D eigenvalue weighted by atomic mass is 9.92. The van der Waals surface area contributed by atoms with E-state index >= 15 is 0 Å². The normalized spacial score (nSPS) is 11.8. The first kappa shape index (κ1) is 15.1. The van der Waals surface area contributed by atoms with Crippen molar-refractivity contribution in [3.05, 3.63) is 28.7 Å². The Kier molecular flexibility index (Phi) is 6.60. The molecule has 1 nitrogen and oxygen atoms in total. The molecular weight excluding hydrogens is 294 g/mol. The fraction of sp³-hybridized carbons (Fsp3) is 0.571. The van der Waals surface area contributed by atoms with Crippen molar-refractivity contribution in [2.75, 3.05) is 18.8 Å². The molecule has 0 amide bonds. The summed E-state index contributed by atoms with van der Waals surface area (Å²) in [6.07, 6.45) is 1.23. The minimum atomic E-state index is 0.435. The van der Waals surface area contributed by atoms with E-state index in [0.717, 1.165) is 23.3 Å². The van der Waals surface area contributed by atoms with E-state index in [1.807, 2.05) is 11.8 Å². The van der Waals surface area contributed by atoms with Crippen LogP contribution in [0, 0.1) is 5.41 Å². The van der Waals surface area contributed by atoms with Gasteiger partial charge in [0.25, 0.3) is 0 Å². The van der Waals surface area contributed by atoms with Gasteiger partial charge in [-0.15, -0.1) is 11.8 Å². The first-order valence-electron chi connectivity index (χ1n) is 6.06. The van der Waals surface area contributed by atoms with Gasteiger partial charge in [-0.25, -0.2) is 0 Å². The molecule has 0 saturated carbocycles. The summed E-state index contributed by atoms with van der Waals surface area (Å²) in [7, 11) is 0. The van der Waals surface area contributed by atoms with Gasteiger partial charge in [0.05, 0.1) is 0 Å². The summed E-state index contributed by atoms with van der Waals surface area (Å²) >= 11 is 5.39. The summed E-state index contributed by atoms with van der Waals surface area (Å²) in [6.45, 7) is 9.04. The van der Waals surface area contributed by atoms with Crippen LogP contribution in [0.2, 0.25) is 0 Å². The summed E-state index contributed by atoms with van der Waals surface area (Å²) in [5.74, 6) is 1.13. The summed E-state index contributed by atoms with van der Waals surface area (Å²) in [5, 5.41) is 3.49. The van der Waals surface area contributed by atoms with Gasteiger partial charge in [0.2, 0.25) is 0 Å². The lowest BCUT2D eigenvalue weighted by Crippen LogP contribution is -2.22. The number of hydrogen-bond donors (Lipinski definition) is 1. The van der Waals surface area contributed by atoms with E-state index in [1.165, 1.54) is 11.3 Å². The van der Waals surface area contributed by atoms with Crippen molar-refractivity contribution in [2.24, 2.45) is 5.41 Å². The largest absolute Gasteiger partial charge is 0.316 e. The van der Waals surface area contributed by atoms with Crippen molar-refractivity contribution >= 4 is 27.7 Å². The van der Waals surface area contributed by atoms with E-state index in [2.05, 4.69) is 66.3 Å². The van der Waals surface area contributed by atoms with Crippen molar-refractivity contribution in [1.82, 2.24) is 5.32 Å². The zero-order chi connectivity index (χ0) is 12.7. The van der Waals surface area contributed by atoms with Gasteiger partial charge in [-0.05, 0) is 36.6 Å². The van der Waals surface area contributed by atoms with E-state index in [4.69, 9.17) is 0 Å². The van der Waals surface area contributed by atoms with E-state index in [0.29, 0.717) is 5.41 Å². The Morgan fingerprint density at radius 3 is 2.65 bits per heavy atom. The number of hydrogen-bond acceptors (Lipinski definition) is 2. The van der Waals surface area contributed by atoms with Crippen molar-refractivity contribution < 1.29 is 0 Å². The van der Waals surface area contributed by atoms with Crippen molar-refractivity contribution in [2.45, 2.75) is 32.1 Å². The van der Waals surface area contributed by atoms with Gasteiger partial charge < -0.3 is 5.32 Å². The predicted octanol–water partition coefficient (Wildman–Crippen LogP) is 4.57. The Morgan fingerprint density at radius 1 is 1.24 bits per heavy atom. The number of nitrogens with one attached hydrogen (secondary N) is 1. The molecule has 0 heterocycles. The standard InChI is InChI=1S/C14H22BrNS/c1-14(2,3)7-8-16-9-10-17-13-6-4-5-12(15)11-13/h4-6,11,16H,7-10H2,1-3H3. The maximum absolute atomic E-state index is 3.49. The third kappa shape index (κ3) is 7.85. The third-order valence-corrected chi connectivity index (χ3v) is 3.88. The zero-order valence-corrected chi connectivity index (χ0v) is 13.3. The van der Waals surface area contributed by atoms with Gasteiger partial charge in [0.15, 0.2) is 0 Å². The molecule has 0 unspecified atom stereocenters. The molecule has 0 saturated heterocycles. The van der Waals surface area contributed by atoms with E-state index < -0.39 is 0 Å². The maximum atomic E-state index is 3.49. The number of thioether (sulfide) groups is 1. The second-order valence-corrected chi connectivity index (χ2v) is 7.45. The first-order chi connectivity index (χ1) is 7.97. The molecule has 3 heteroatoms. The highest BCUT2D eigenvalue weighted by Gasteiger charge is 2.08. The zero-order valence-electron chi connectivity index (χ0n) is 10.9. The molecule has 0 aliphatic rings. The van der Waals surface area contributed by atoms with Crippen molar-refractivity contribution in [1.29, 1.82) is 0 Å². The van der Waals surface area contributed by atoms with Gasteiger partial charge in [0, 0.05) is 21.7 Å². The second-order valence-electron chi connectivity index (χ2n) is 5.37. The second kappa shape index (κ2) is 7.45. The average Bonchev–Trinajstić information content (AvgIpc) is 2.22. The molecule has 0 fully saturated rings. The molecule has 0 radical (unpaired) electrons. The van der Waals surface area contributed by atoms with Crippen LogP contribution in [0.25, 0.3) is 0 Å². The summed E-state index contributed by atoms with van der Waals surface area (Å²) in [5.41, 5.74) is 0.435. The van der Waals surface area contributed by atoms with E-state index in [1.54, 1.807) is 0 Å². The van der Waals surface area contributed by atoms with Crippen LogP contribution < -0.4 is 5.32 Å². The Morgan fingerprint density at radius 2 is 2.00 bits per heavy atom. The van der Waals surface area contributed by atoms with Crippen LogP contribution in [0.4, 0.5) is 0 Å². The van der Waals surface area contributed by atoms with Gasteiger partial charge in [0.1, 0.15) is 0 Å². The predicted molar refractivity (Wildman–Crippen MR) is 81.8 cm³/mol. The lowest BCUT2D eigenvalue weighted by molar-refractivity contribution is 0.369. The minimum absolute atomic E-state index is 0.435. The fourth-order valence-electron chi connectivity index (χ4n) is 1.39. The molecule has 0 aliphatic carbocycles. The molecule has 1 aromatic rings. The van der Waals surface area contributed by atoms with Gasteiger partial charge in [-0.3, -0.25) is 0 Å². The SMILES string of the molecule is CC(C)(C)CCNCCSc1cccc(Br)c1. The fourth-order valence-corrected chi connectivity index (χ4v) is 2.80. The quantitative estimate of drug-likeness (QED) is 0.609. The van der Waals surface area contributed by atoms with Crippen LogP contribution in [0.1, 0.15) is 27.2 Å². The van der Waals surface area contributed by atoms with Crippen LogP contribution >= 0.6 is 27.7 Å². The highest BCUT2D eigenvalue weighted by atomic mass is 79.9. The Hall–Kier alpha value is 0.01000. The van der Waals surface area contributed by atoms with Crippen molar-refractivity contribution in [3.63, 3.8) is 0 Å². The van der Waals surface area contributed by atoms with Gasteiger partial charge >= 0.3 is 0 Å². The first-order valence-corrected chi connectivity index (χ1v) is 7.84. The Labute approximate surface area is 118 Å². The molecule has 0 spiro atoms. The lowest BCUT2D eigenvalue weighted by Gasteiger charge is -2.17. The third-order valence-electron chi connectivity index (χ3n) is 2.40. The molecular formula is C14H22BrNS. The molecule has 96 valence electrons. The Balaban J connectivity index is 2.09. The number of rotatable bonds is 6.